The van der Waals surface area contributed by atoms with E-state index < -0.39 is 23.7 Å². The zero-order valence-electron chi connectivity index (χ0n) is 62.6. The number of tetrazole rings is 1. The van der Waals surface area contributed by atoms with Gasteiger partial charge in [0.2, 0.25) is 0 Å². The molecule has 0 spiro atoms. The summed E-state index contributed by atoms with van der Waals surface area (Å²) in [4.78, 5) is 24.6. The normalized spacial score (nSPS) is 10.9. The lowest BCUT2D eigenvalue weighted by molar-refractivity contribution is -0.141. The number of aryl methyl sites for hydroxylation is 3. The number of hydrogen-bond acceptors (Lipinski definition) is 24. The van der Waals surface area contributed by atoms with E-state index in [9.17, 15) is 26.3 Å². The van der Waals surface area contributed by atoms with Crippen molar-refractivity contribution in [3.63, 3.8) is 0 Å². The second-order valence-electron chi connectivity index (χ2n) is 25.4. The Morgan fingerprint density at radius 3 is 1.39 bits per heavy atom. The molecule has 0 aliphatic rings. The first-order valence-electron chi connectivity index (χ1n) is 32.7. The Balaban J connectivity index is 0.000000557. The molecular formula is C70H101F6N15O4S6. The van der Waals surface area contributed by atoms with Gasteiger partial charge in [0.25, 0.3) is 0 Å². The highest BCUT2D eigenvalue weighted by molar-refractivity contribution is 7.10. The van der Waals surface area contributed by atoms with Gasteiger partial charge >= 0.3 is 12.4 Å². The molecule has 0 aliphatic carbocycles. The van der Waals surface area contributed by atoms with Crippen molar-refractivity contribution in [2.24, 2.45) is 7.05 Å². The van der Waals surface area contributed by atoms with Gasteiger partial charge in [0.1, 0.15) is 30.1 Å². The van der Waals surface area contributed by atoms with Gasteiger partial charge in [0.15, 0.2) is 34.7 Å². The van der Waals surface area contributed by atoms with Crippen molar-refractivity contribution in [2.45, 2.75) is 244 Å². The molecule has 0 aliphatic heterocycles. The zero-order valence-corrected chi connectivity index (χ0v) is 67.5. The molecule has 0 atom stereocenters. The van der Waals surface area contributed by atoms with E-state index in [2.05, 4.69) is 197 Å². The minimum absolute atomic E-state index is 0.0612. The topological polar surface area (TPSA) is 249 Å². The van der Waals surface area contributed by atoms with Gasteiger partial charge in [0, 0.05) is 117 Å². The van der Waals surface area contributed by atoms with Crippen LogP contribution < -0.4 is 0 Å². The van der Waals surface area contributed by atoms with Crippen LogP contribution in [0.5, 0.6) is 0 Å². The van der Waals surface area contributed by atoms with E-state index >= 15 is 0 Å². The SMILES string of the molecule is CC(C)c1ccno1.CC(C)c1ccns1.CC(C)c1cnsc1.CC(C)c1nc(C#N)cs1.CC(C)c1nc(C(F)(F)F)co1.CC(C)c1nc(C(F)(F)F)cs1.CC(C)c1ncco1.CC(C)c1nccs1.CC(C)c1nnnn1C.Cc1cc(C(C)C)on1.Cc1nc(C(C)C)cs1. The van der Waals surface area contributed by atoms with Crippen LogP contribution >= 0.6 is 68.4 Å². The van der Waals surface area contributed by atoms with Crippen LogP contribution in [0.25, 0.3) is 0 Å². The van der Waals surface area contributed by atoms with Crippen LogP contribution in [0, 0.1) is 25.2 Å². The second-order valence-corrected chi connectivity index (χ2v) is 30.7. The van der Waals surface area contributed by atoms with Gasteiger partial charge in [-0.15, -0.1) is 50.4 Å². The standard InChI is InChI=1S/C7H8F3NO.C7H8F3NS.C7H8N2S.C7H11NO.C7H11NS.2C6H9NO.3C6H9NS.C5H10N4/c2*1-4(2)6-11-5(3-12-6)7(8,9)10;1-5(2)7-9-6(3-8)4-10-7;1-5(2)7-4-6(3)8-9-7;1-5(2)7-4-9-6(3)8-7;1-5(2)6-7-3-4-8-6;1-5(2)6-3-4-7-8-6;1-5(2)6-3-7-8-4-6;1-5(2)6-7-3-4-8-6;1-5(2)6-3-4-7-8-6;1-4(2)5-6-7-8-9(5)3/h2*3-4H,1-2H3;4-5H,1-2H3;2*4-5H,1-3H3;5*3-5H,1-2H3;4H,1-3H3. The Morgan fingerprint density at radius 2 is 1.14 bits per heavy atom. The van der Waals surface area contributed by atoms with Crippen LogP contribution in [0.4, 0.5) is 26.3 Å². The monoisotopic (exact) mass is 1520 g/mol. The van der Waals surface area contributed by atoms with E-state index in [1.807, 2.05) is 90.8 Å². The van der Waals surface area contributed by atoms with Gasteiger partial charge in [-0.1, -0.05) is 163 Å². The molecule has 11 rings (SSSR count). The Bertz CT molecular complexity index is 3470. The number of aromatic nitrogens is 14. The summed E-state index contributed by atoms with van der Waals surface area (Å²) in [6, 6.07) is 7.91. The number of alkyl halides is 6. The van der Waals surface area contributed by atoms with Crippen LogP contribution in [0.1, 0.15) is 305 Å². The third-order valence-electron chi connectivity index (χ3n) is 12.4. The van der Waals surface area contributed by atoms with Crippen LogP contribution in [0.3, 0.4) is 0 Å². The molecule has 11 heterocycles. The first-order valence-corrected chi connectivity index (χ1v) is 37.8. The molecule has 0 bridgehead atoms. The fourth-order valence-corrected chi connectivity index (χ4v) is 10.9. The number of rotatable bonds is 11. The largest absolute Gasteiger partial charge is 0.449 e. The van der Waals surface area contributed by atoms with Crippen molar-refractivity contribution in [2.75, 3.05) is 0 Å². The van der Waals surface area contributed by atoms with Crippen molar-refractivity contribution in [3.05, 3.63) is 177 Å². The van der Waals surface area contributed by atoms with Gasteiger partial charge in [-0.3, -0.25) is 0 Å². The predicted molar refractivity (Wildman–Crippen MR) is 397 cm³/mol. The van der Waals surface area contributed by atoms with E-state index in [4.69, 9.17) is 18.7 Å². The van der Waals surface area contributed by atoms with Crippen molar-refractivity contribution in [1.82, 2.24) is 69.2 Å². The number of hydrogen-bond donors (Lipinski definition) is 0. The number of oxazole rings is 2. The molecule has 0 aromatic carbocycles. The zero-order chi connectivity index (χ0) is 76.7. The lowest BCUT2D eigenvalue weighted by Gasteiger charge is -2.00. The number of halogens is 6. The highest BCUT2D eigenvalue weighted by Gasteiger charge is 2.35. The lowest BCUT2D eigenvalue weighted by atomic mass is 10.1. The maximum absolute atomic E-state index is 12.0. The van der Waals surface area contributed by atoms with Crippen molar-refractivity contribution in [3.8, 4) is 6.07 Å². The summed E-state index contributed by atoms with van der Waals surface area (Å²) in [6.45, 7) is 49.0. The van der Waals surface area contributed by atoms with Gasteiger partial charge in [-0.25, -0.2) is 43.3 Å². The molecule has 0 N–H and O–H groups in total. The molecule has 101 heavy (non-hydrogen) atoms. The summed E-state index contributed by atoms with van der Waals surface area (Å²) in [6.07, 6.45) is 2.46. The molecule has 0 amide bonds. The molecule has 11 aromatic rings. The smallest absolute Gasteiger partial charge is 0.436 e. The molecule has 31 heteroatoms. The summed E-state index contributed by atoms with van der Waals surface area (Å²) in [5.74, 6) is 8.30. The molecule has 0 saturated carbocycles. The maximum atomic E-state index is 12.0. The van der Waals surface area contributed by atoms with E-state index in [0.717, 1.165) is 50.7 Å². The Hall–Kier alpha value is -7.24. The fraction of sp³-hybridized carbons (Fsp3) is 0.543. The minimum Gasteiger partial charge on any atom is -0.449 e. The van der Waals surface area contributed by atoms with Crippen LogP contribution in [-0.4, -0.2) is 69.2 Å². The van der Waals surface area contributed by atoms with Gasteiger partial charge < -0.3 is 17.9 Å². The molecule has 11 aromatic heterocycles. The average Bonchev–Trinajstić information content (AvgIpc) is 1.72. The lowest BCUT2D eigenvalue weighted by Crippen LogP contribution is -2.05. The molecule has 0 saturated heterocycles. The molecule has 0 radical (unpaired) electrons. The number of nitriles is 1. The van der Waals surface area contributed by atoms with E-state index in [0.29, 0.717) is 70.2 Å². The van der Waals surface area contributed by atoms with E-state index in [-0.39, 0.29) is 17.7 Å². The number of nitrogens with zero attached hydrogens (tertiary/aromatic N) is 15. The molecule has 558 valence electrons. The first kappa shape index (κ1) is 91.8. The highest BCUT2D eigenvalue weighted by atomic mass is 32.1. The third-order valence-corrected chi connectivity index (χ3v) is 18.2. The number of thiazole rings is 4. The predicted octanol–water partition coefficient (Wildman–Crippen LogP) is 23.7. The summed E-state index contributed by atoms with van der Waals surface area (Å²) < 4.78 is 101. The molecular weight excluding hydrogens is 1420 g/mol. The van der Waals surface area contributed by atoms with Crippen molar-refractivity contribution in [1.29, 1.82) is 5.26 Å². The Morgan fingerprint density at radius 1 is 0.525 bits per heavy atom. The fourth-order valence-electron chi connectivity index (χ4n) is 6.58. The highest BCUT2D eigenvalue weighted by Crippen LogP contribution is 2.33. The third kappa shape index (κ3) is 38.6. The summed E-state index contributed by atoms with van der Waals surface area (Å²) in [5.41, 5.74) is 2.31. The first-order chi connectivity index (χ1) is 47.2. The minimum atomic E-state index is -4.41. The van der Waals surface area contributed by atoms with Crippen molar-refractivity contribution >= 4 is 68.4 Å². The molecule has 0 fully saturated rings. The summed E-state index contributed by atoms with van der Waals surface area (Å²) >= 11 is 9.14. The van der Waals surface area contributed by atoms with Crippen molar-refractivity contribution < 1.29 is 44.2 Å². The summed E-state index contributed by atoms with van der Waals surface area (Å²) in [5, 5.41) is 39.8. The quantitative estimate of drug-likeness (QED) is 0.109. The average molecular weight is 1520 g/mol. The van der Waals surface area contributed by atoms with Crippen LogP contribution in [-0.2, 0) is 19.4 Å². The van der Waals surface area contributed by atoms with E-state index in [1.165, 1.54) is 37.7 Å². The Kier molecular flexibility index (Phi) is 43.5. The van der Waals surface area contributed by atoms with E-state index in [1.54, 1.807) is 88.1 Å². The molecule has 0 unspecified atom stereocenters. The maximum Gasteiger partial charge on any atom is 0.436 e. The Labute approximate surface area is 616 Å². The van der Waals surface area contributed by atoms with Crippen LogP contribution in [0.2, 0.25) is 0 Å². The second kappa shape index (κ2) is 47.8. The summed E-state index contributed by atoms with van der Waals surface area (Å²) in [7, 11) is 1.84. The van der Waals surface area contributed by atoms with Gasteiger partial charge in [-0.05, 0) is 76.7 Å². The van der Waals surface area contributed by atoms with Gasteiger partial charge in [-0.2, -0.15) is 31.6 Å². The van der Waals surface area contributed by atoms with Crippen LogP contribution in [0.15, 0.2) is 106 Å². The van der Waals surface area contributed by atoms with Gasteiger partial charge in [0.05, 0.1) is 43.8 Å². The molecule has 19 nitrogen and oxygen atoms in total.